The molecule has 4 nitrogen and oxygen atoms in total. The SMILES string of the molecule is CC12CCC(CC1=O)C2(C)C.Nc1ncccn1. The minimum absolute atomic E-state index is 0.0255. The lowest BCUT2D eigenvalue weighted by Crippen LogP contribution is -2.32. The predicted molar refractivity (Wildman–Crippen MR) is 70.7 cm³/mol. The largest absolute Gasteiger partial charge is 0.368 e. The van der Waals surface area contributed by atoms with Crippen LogP contribution in [0.4, 0.5) is 5.95 Å². The molecule has 0 aromatic carbocycles. The van der Waals surface area contributed by atoms with E-state index in [0.29, 0.717) is 17.6 Å². The van der Waals surface area contributed by atoms with Crippen molar-refractivity contribution in [3.8, 4) is 0 Å². The Balaban J connectivity index is 0.000000149. The van der Waals surface area contributed by atoms with Gasteiger partial charge in [-0.05, 0) is 30.2 Å². The van der Waals surface area contributed by atoms with Crippen molar-refractivity contribution in [2.75, 3.05) is 5.73 Å². The topological polar surface area (TPSA) is 68.9 Å². The van der Waals surface area contributed by atoms with Crippen LogP contribution in [0.5, 0.6) is 0 Å². The third-order valence-corrected chi connectivity index (χ3v) is 5.07. The molecule has 1 aromatic rings. The van der Waals surface area contributed by atoms with Crippen LogP contribution in [0, 0.1) is 16.7 Å². The zero-order chi connectivity index (χ0) is 13.4. The first kappa shape index (κ1) is 13.0. The highest BCUT2D eigenvalue weighted by molar-refractivity contribution is 5.89. The number of anilines is 1. The molecule has 0 amide bonds. The number of carbonyl (C=O) groups excluding carboxylic acids is 1. The Labute approximate surface area is 108 Å². The second-order valence-electron chi connectivity index (χ2n) is 6.02. The first-order valence-corrected chi connectivity index (χ1v) is 6.44. The fourth-order valence-corrected chi connectivity index (χ4v) is 3.21. The molecule has 3 rings (SSSR count). The highest BCUT2D eigenvalue weighted by atomic mass is 16.1. The monoisotopic (exact) mass is 247 g/mol. The molecule has 2 aliphatic carbocycles. The van der Waals surface area contributed by atoms with Crippen LogP contribution in [0.15, 0.2) is 18.5 Å². The van der Waals surface area contributed by atoms with Gasteiger partial charge >= 0.3 is 0 Å². The van der Waals surface area contributed by atoms with Gasteiger partial charge in [0.25, 0.3) is 0 Å². The minimum Gasteiger partial charge on any atom is -0.368 e. The van der Waals surface area contributed by atoms with Gasteiger partial charge in [0, 0.05) is 24.2 Å². The van der Waals surface area contributed by atoms with Gasteiger partial charge in [-0.3, -0.25) is 4.79 Å². The number of Topliss-reactive ketones (excluding diaryl/α,β-unsaturated/α-hetero) is 1. The van der Waals surface area contributed by atoms with Crippen LogP contribution in [0.2, 0.25) is 0 Å². The lowest BCUT2D eigenvalue weighted by atomic mass is 9.70. The van der Waals surface area contributed by atoms with Gasteiger partial charge in [0.05, 0.1) is 0 Å². The third kappa shape index (κ3) is 1.89. The van der Waals surface area contributed by atoms with Crippen LogP contribution in [0.3, 0.4) is 0 Å². The molecule has 98 valence electrons. The predicted octanol–water partition coefficient (Wildman–Crippen LogP) is 2.46. The average Bonchev–Trinajstić information content (AvgIpc) is 2.64. The Morgan fingerprint density at radius 1 is 1.28 bits per heavy atom. The maximum Gasteiger partial charge on any atom is 0.219 e. The van der Waals surface area contributed by atoms with Gasteiger partial charge in [0.15, 0.2) is 0 Å². The van der Waals surface area contributed by atoms with Crippen molar-refractivity contribution < 1.29 is 4.79 Å². The zero-order valence-corrected chi connectivity index (χ0v) is 11.3. The van der Waals surface area contributed by atoms with Crippen LogP contribution in [-0.2, 0) is 4.79 Å². The van der Waals surface area contributed by atoms with E-state index in [-0.39, 0.29) is 10.8 Å². The van der Waals surface area contributed by atoms with E-state index in [1.54, 1.807) is 18.5 Å². The van der Waals surface area contributed by atoms with Crippen molar-refractivity contribution in [1.29, 1.82) is 0 Å². The lowest BCUT2D eigenvalue weighted by molar-refractivity contribution is -0.128. The molecule has 2 N–H and O–H groups in total. The molecular formula is C14H21N3O. The van der Waals surface area contributed by atoms with Crippen LogP contribution in [0.25, 0.3) is 0 Å². The molecule has 2 saturated carbocycles. The molecule has 2 unspecified atom stereocenters. The molecule has 0 spiro atoms. The first-order valence-electron chi connectivity index (χ1n) is 6.44. The number of aromatic nitrogens is 2. The molecule has 1 aromatic heterocycles. The van der Waals surface area contributed by atoms with Crippen molar-refractivity contribution in [2.24, 2.45) is 16.7 Å². The summed E-state index contributed by atoms with van der Waals surface area (Å²) >= 11 is 0. The maximum absolute atomic E-state index is 11.6. The molecule has 2 aliphatic rings. The second-order valence-corrected chi connectivity index (χ2v) is 6.02. The van der Waals surface area contributed by atoms with Crippen LogP contribution >= 0.6 is 0 Å². The van der Waals surface area contributed by atoms with E-state index in [2.05, 4.69) is 30.7 Å². The Morgan fingerprint density at radius 2 is 1.89 bits per heavy atom. The van der Waals surface area contributed by atoms with Crippen molar-refractivity contribution >= 4 is 11.7 Å². The summed E-state index contributed by atoms with van der Waals surface area (Å²) in [5.74, 6) is 1.52. The van der Waals surface area contributed by atoms with Crippen molar-refractivity contribution in [3.63, 3.8) is 0 Å². The highest BCUT2D eigenvalue weighted by Crippen LogP contribution is 2.63. The van der Waals surface area contributed by atoms with Gasteiger partial charge < -0.3 is 5.73 Å². The van der Waals surface area contributed by atoms with Gasteiger partial charge in [-0.2, -0.15) is 0 Å². The fraction of sp³-hybridized carbons (Fsp3) is 0.643. The summed E-state index contributed by atoms with van der Waals surface area (Å²) in [4.78, 5) is 18.9. The summed E-state index contributed by atoms with van der Waals surface area (Å²) in [6.07, 6.45) is 6.45. The van der Waals surface area contributed by atoms with Gasteiger partial charge in [-0.25, -0.2) is 9.97 Å². The van der Waals surface area contributed by atoms with Gasteiger partial charge in [-0.15, -0.1) is 0 Å². The Morgan fingerprint density at radius 3 is 2.11 bits per heavy atom. The van der Waals surface area contributed by atoms with Crippen LogP contribution in [0.1, 0.15) is 40.0 Å². The summed E-state index contributed by atoms with van der Waals surface area (Å²) in [7, 11) is 0. The molecular weight excluding hydrogens is 226 g/mol. The minimum atomic E-state index is 0.0255. The summed E-state index contributed by atoms with van der Waals surface area (Å²) < 4.78 is 0. The van der Waals surface area contributed by atoms with E-state index in [1.807, 2.05) is 0 Å². The van der Waals surface area contributed by atoms with E-state index in [4.69, 9.17) is 5.73 Å². The van der Waals surface area contributed by atoms with E-state index < -0.39 is 0 Å². The highest BCUT2D eigenvalue weighted by Gasteiger charge is 2.61. The van der Waals surface area contributed by atoms with Gasteiger partial charge in [0.2, 0.25) is 5.95 Å². The first-order chi connectivity index (χ1) is 8.38. The number of nitrogens with zero attached hydrogens (tertiary/aromatic N) is 2. The number of nitrogen functional groups attached to an aromatic ring is 1. The number of hydrogen-bond acceptors (Lipinski definition) is 4. The van der Waals surface area contributed by atoms with E-state index in [0.717, 1.165) is 12.8 Å². The maximum atomic E-state index is 11.6. The number of ketones is 1. The summed E-state index contributed by atoms with van der Waals surface area (Å²) in [5, 5.41) is 0. The molecule has 18 heavy (non-hydrogen) atoms. The molecule has 2 bridgehead atoms. The second kappa shape index (κ2) is 4.34. The molecule has 2 atom stereocenters. The van der Waals surface area contributed by atoms with Crippen molar-refractivity contribution in [3.05, 3.63) is 18.5 Å². The Bertz CT molecular complexity index is 444. The van der Waals surface area contributed by atoms with E-state index in [1.165, 1.54) is 6.42 Å². The molecule has 4 heteroatoms. The quantitative estimate of drug-likeness (QED) is 0.764. The molecule has 1 heterocycles. The van der Waals surface area contributed by atoms with Crippen LogP contribution < -0.4 is 5.73 Å². The van der Waals surface area contributed by atoms with Crippen molar-refractivity contribution in [2.45, 2.75) is 40.0 Å². The third-order valence-electron chi connectivity index (χ3n) is 5.07. The lowest BCUT2D eigenvalue weighted by Gasteiger charge is -2.32. The summed E-state index contributed by atoms with van der Waals surface area (Å²) in [6.45, 7) is 6.67. The van der Waals surface area contributed by atoms with Gasteiger partial charge in [-0.1, -0.05) is 20.8 Å². The number of hydrogen-bond donors (Lipinski definition) is 1. The normalized spacial score (nSPS) is 31.9. The van der Waals surface area contributed by atoms with Crippen LogP contribution in [-0.4, -0.2) is 15.8 Å². The van der Waals surface area contributed by atoms with E-state index >= 15 is 0 Å². The number of carbonyl (C=O) groups is 1. The average molecular weight is 247 g/mol. The number of fused-ring (bicyclic) bond motifs is 2. The zero-order valence-electron chi connectivity index (χ0n) is 11.3. The Hall–Kier alpha value is -1.45. The molecule has 0 aliphatic heterocycles. The van der Waals surface area contributed by atoms with Crippen molar-refractivity contribution in [1.82, 2.24) is 9.97 Å². The smallest absolute Gasteiger partial charge is 0.219 e. The van der Waals surface area contributed by atoms with Gasteiger partial charge in [0.1, 0.15) is 5.78 Å². The molecule has 0 radical (unpaired) electrons. The number of rotatable bonds is 0. The number of nitrogens with two attached hydrogens (primary N) is 1. The van der Waals surface area contributed by atoms with E-state index in [9.17, 15) is 4.79 Å². The standard InChI is InChI=1S/C10H16O.C4H5N3/c1-9(2)7-4-5-10(9,3)8(11)6-7;5-4-6-2-1-3-7-4/h7H,4-6H2,1-3H3;1-3H,(H2,5,6,7). The molecule has 0 saturated heterocycles. The fourth-order valence-electron chi connectivity index (χ4n) is 3.21. The summed E-state index contributed by atoms with van der Waals surface area (Å²) in [6, 6.07) is 1.72. The summed E-state index contributed by atoms with van der Waals surface area (Å²) in [5.41, 5.74) is 5.44. The molecule has 2 fully saturated rings. The Kier molecular flexibility index (Phi) is 3.13.